The summed E-state index contributed by atoms with van der Waals surface area (Å²) in [4.78, 5) is 0. The molecule has 1 unspecified atom stereocenters. The molecule has 2 rings (SSSR count). The summed E-state index contributed by atoms with van der Waals surface area (Å²) in [5.74, 6) is 0.835. The van der Waals surface area contributed by atoms with Gasteiger partial charge in [0.15, 0.2) is 0 Å². The van der Waals surface area contributed by atoms with Crippen LogP contribution in [0.5, 0.6) is 0 Å². The van der Waals surface area contributed by atoms with E-state index in [0.717, 1.165) is 17.9 Å². The van der Waals surface area contributed by atoms with Gasteiger partial charge in [-0.3, -0.25) is 0 Å². The Balaban J connectivity index is 1.94. The molecule has 0 spiro atoms. The number of allylic oxidation sites excluding steroid dienone is 1. The molecule has 1 heterocycles. The zero-order valence-corrected chi connectivity index (χ0v) is 11.0. The summed E-state index contributed by atoms with van der Waals surface area (Å²) >= 11 is 3.63. The minimum atomic E-state index is 0.416. The van der Waals surface area contributed by atoms with Crippen LogP contribution in [0, 0.1) is 5.92 Å². The number of hydrogen-bond acceptors (Lipinski definition) is 1. The van der Waals surface area contributed by atoms with Crippen LogP contribution in [0.25, 0.3) is 0 Å². The van der Waals surface area contributed by atoms with Crippen LogP contribution >= 0.6 is 15.9 Å². The largest absolute Gasteiger partial charge is 0.374 e. The van der Waals surface area contributed by atoms with Crippen LogP contribution in [-0.4, -0.2) is 18.0 Å². The highest BCUT2D eigenvalue weighted by Gasteiger charge is 2.20. The topological polar surface area (TPSA) is 9.23 Å². The van der Waals surface area contributed by atoms with Crippen molar-refractivity contribution in [3.05, 3.63) is 11.6 Å². The highest BCUT2D eigenvalue weighted by atomic mass is 79.9. The summed E-state index contributed by atoms with van der Waals surface area (Å²) in [5, 5.41) is 1.04. The Morgan fingerprint density at radius 2 is 1.93 bits per heavy atom. The molecule has 0 radical (unpaired) electrons. The normalized spacial score (nSPS) is 29.7. The molecular weight excluding hydrogens is 252 g/mol. The van der Waals surface area contributed by atoms with Gasteiger partial charge in [0.2, 0.25) is 0 Å². The molecule has 1 nitrogen and oxygen atoms in total. The van der Waals surface area contributed by atoms with E-state index in [9.17, 15) is 0 Å². The molecule has 1 saturated heterocycles. The minimum absolute atomic E-state index is 0.416. The molecule has 0 bridgehead atoms. The fraction of sp³-hybridized carbons (Fsp3) is 0.846. The van der Waals surface area contributed by atoms with Crippen LogP contribution in [0.3, 0.4) is 0 Å². The Kier molecular flexibility index (Phi) is 4.70. The maximum atomic E-state index is 5.68. The van der Waals surface area contributed by atoms with Gasteiger partial charge in [-0.15, -0.1) is 0 Å². The van der Waals surface area contributed by atoms with E-state index in [0.29, 0.717) is 6.10 Å². The molecule has 2 fully saturated rings. The molecule has 0 amide bonds. The Labute approximate surface area is 101 Å². The first-order valence-corrected chi connectivity index (χ1v) is 7.40. The first-order valence-electron chi connectivity index (χ1n) is 6.28. The van der Waals surface area contributed by atoms with Gasteiger partial charge in [0.1, 0.15) is 0 Å². The zero-order chi connectivity index (χ0) is 10.5. The molecular formula is C13H21BrO. The van der Waals surface area contributed by atoms with Crippen LogP contribution in [0.4, 0.5) is 0 Å². The molecule has 2 aliphatic rings. The number of alkyl halides is 1. The lowest BCUT2D eigenvalue weighted by Gasteiger charge is -2.24. The fourth-order valence-corrected chi connectivity index (χ4v) is 3.38. The molecule has 1 aliphatic carbocycles. The molecule has 15 heavy (non-hydrogen) atoms. The van der Waals surface area contributed by atoms with Gasteiger partial charge in [-0.2, -0.15) is 0 Å². The highest BCUT2D eigenvalue weighted by Crippen LogP contribution is 2.31. The van der Waals surface area contributed by atoms with Crippen molar-refractivity contribution in [3.63, 3.8) is 0 Å². The first kappa shape index (κ1) is 11.7. The Morgan fingerprint density at radius 3 is 2.53 bits per heavy atom. The standard InChI is InChI=1S/C13H21BrO/c14-10-12(9-13-7-4-8-15-13)11-5-2-1-3-6-11/h9,11,13H,1-8,10H2. The van der Waals surface area contributed by atoms with Crippen molar-refractivity contribution >= 4 is 15.9 Å². The summed E-state index contributed by atoms with van der Waals surface area (Å²) in [6.45, 7) is 0.960. The molecule has 1 aliphatic heterocycles. The summed E-state index contributed by atoms with van der Waals surface area (Å²) < 4.78 is 5.68. The van der Waals surface area contributed by atoms with E-state index in [-0.39, 0.29) is 0 Å². The molecule has 2 heteroatoms. The molecule has 0 N–H and O–H groups in total. The quantitative estimate of drug-likeness (QED) is 0.556. The fourth-order valence-electron chi connectivity index (χ4n) is 2.74. The Bertz CT molecular complexity index is 213. The van der Waals surface area contributed by atoms with Gasteiger partial charge >= 0.3 is 0 Å². The number of rotatable bonds is 3. The molecule has 86 valence electrons. The van der Waals surface area contributed by atoms with Crippen molar-refractivity contribution in [2.75, 3.05) is 11.9 Å². The van der Waals surface area contributed by atoms with Crippen molar-refractivity contribution in [2.45, 2.75) is 51.0 Å². The lowest BCUT2D eigenvalue weighted by atomic mass is 9.84. The van der Waals surface area contributed by atoms with Gasteiger partial charge in [0.05, 0.1) is 6.10 Å². The number of hydrogen-bond donors (Lipinski definition) is 0. The number of halogens is 1. The average Bonchev–Trinajstić information content (AvgIpc) is 2.80. The molecule has 0 aromatic rings. The van der Waals surface area contributed by atoms with Gasteiger partial charge in [-0.25, -0.2) is 0 Å². The summed E-state index contributed by atoms with van der Waals surface area (Å²) in [7, 11) is 0. The Morgan fingerprint density at radius 1 is 1.13 bits per heavy atom. The summed E-state index contributed by atoms with van der Waals surface area (Å²) in [6, 6.07) is 0. The van der Waals surface area contributed by atoms with Gasteiger partial charge in [0.25, 0.3) is 0 Å². The van der Waals surface area contributed by atoms with Crippen LogP contribution in [-0.2, 0) is 4.74 Å². The van der Waals surface area contributed by atoms with Crippen molar-refractivity contribution in [1.29, 1.82) is 0 Å². The third-order valence-corrected chi connectivity index (χ3v) is 4.30. The summed E-state index contributed by atoms with van der Waals surface area (Å²) in [5.41, 5.74) is 1.60. The smallest absolute Gasteiger partial charge is 0.0759 e. The van der Waals surface area contributed by atoms with Crippen molar-refractivity contribution in [2.24, 2.45) is 5.92 Å². The summed E-state index contributed by atoms with van der Waals surface area (Å²) in [6.07, 6.45) is 12.3. The molecule has 0 aromatic carbocycles. The third kappa shape index (κ3) is 3.32. The van der Waals surface area contributed by atoms with Crippen molar-refractivity contribution < 1.29 is 4.74 Å². The van der Waals surface area contributed by atoms with Crippen molar-refractivity contribution in [3.8, 4) is 0 Å². The molecule has 1 atom stereocenters. The molecule has 0 aromatic heterocycles. The van der Waals surface area contributed by atoms with Crippen LogP contribution in [0.15, 0.2) is 11.6 Å². The Hall–Kier alpha value is 0.180. The minimum Gasteiger partial charge on any atom is -0.374 e. The van der Waals surface area contributed by atoms with Gasteiger partial charge < -0.3 is 4.74 Å². The van der Waals surface area contributed by atoms with E-state index in [2.05, 4.69) is 22.0 Å². The lowest BCUT2D eigenvalue weighted by Crippen LogP contribution is -2.13. The van der Waals surface area contributed by atoms with Gasteiger partial charge in [0, 0.05) is 11.9 Å². The van der Waals surface area contributed by atoms with E-state index in [1.165, 1.54) is 44.9 Å². The first-order chi connectivity index (χ1) is 7.40. The second kappa shape index (κ2) is 6.05. The number of ether oxygens (including phenoxy) is 1. The second-order valence-corrected chi connectivity index (χ2v) is 5.32. The lowest BCUT2D eigenvalue weighted by molar-refractivity contribution is 0.144. The third-order valence-electron chi connectivity index (χ3n) is 3.65. The maximum Gasteiger partial charge on any atom is 0.0759 e. The van der Waals surface area contributed by atoms with E-state index >= 15 is 0 Å². The van der Waals surface area contributed by atoms with E-state index in [1.54, 1.807) is 5.57 Å². The van der Waals surface area contributed by atoms with Crippen molar-refractivity contribution in [1.82, 2.24) is 0 Å². The van der Waals surface area contributed by atoms with Gasteiger partial charge in [-0.05, 0) is 31.6 Å². The predicted octanol–water partition coefficient (Wildman–Crippen LogP) is 4.07. The maximum absolute atomic E-state index is 5.68. The van der Waals surface area contributed by atoms with E-state index < -0.39 is 0 Å². The van der Waals surface area contributed by atoms with Crippen LogP contribution in [0.2, 0.25) is 0 Å². The average molecular weight is 273 g/mol. The van der Waals surface area contributed by atoms with Crippen LogP contribution in [0.1, 0.15) is 44.9 Å². The van der Waals surface area contributed by atoms with Crippen LogP contribution < -0.4 is 0 Å². The molecule has 1 saturated carbocycles. The zero-order valence-electron chi connectivity index (χ0n) is 9.38. The predicted molar refractivity (Wildman–Crippen MR) is 67.4 cm³/mol. The SMILES string of the molecule is BrCC(=CC1CCCO1)C1CCCCC1. The van der Waals surface area contributed by atoms with Gasteiger partial charge in [-0.1, -0.05) is 46.8 Å². The highest BCUT2D eigenvalue weighted by molar-refractivity contribution is 9.09. The monoisotopic (exact) mass is 272 g/mol. The second-order valence-electron chi connectivity index (χ2n) is 4.76. The van der Waals surface area contributed by atoms with E-state index in [1.807, 2.05) is 0 Å². The van der Waals surface area contributed by atoms with E-state index in [4.69, 9.17) is 4.74 Å².